The third-order valence-electron chi connectivity index (χ3n) is 6.28. The zero-order valence-corrected chi connectivity index (χ0v) is 18.8. The lowest BCUT2D eigenvalue weighted by atomic mass is 9.91. The van der Waals surface area contributed by atoms with Crippen LogP contribution in [0.2, 0.25) is 0 Å². The number of piperazine rings is 1. The summed E-state index contributed by atoms with van der Waals surface area (Å²) in [5, 5.41) is 0. The largest absolute Gasteiger partial charge is 0.488 e. The third-order valence-corrected chi connectivity index (χ3v) is 6.28. The number of aromatic nitrogens is 2. The van der Waals surface area contributed by atoms with Crippen LogP contribution in [0.4, 0.5) is 5.82 Å². The minimum atomic E-state index is -0.0596. The summed E-state index contributed by atoms with van der Waals surface area (Å²) in [7, 11) is 1.53. The van der Waals surface area contributed by atoms with Crippen LogP contribution >= 0.6 is 0 Å². The minimum Gasteiger partial charge on any atom is -0.488 e. The van der Waals surface area contributed by atoms with Gasteiger partial charge in [0, 0.05) is 39.4 Å². The molecule has 0 spiro atoms. The molecule has 32 heavy (non-hydrogen) atoms. The van der Waals surface area contributed by atoms with Crippen LogP contribution in [0.3, 0.4) is 0 Å². The van der Waals surface area contributed by atoms with Crippen LogP contribution < -0.4 is 16.2 Å². The fourth-order valence-electron chi connectivity index (χ4n) is 4.00. The van der Waals surface area contributed by atoms with Crippen LogP contribution in [0.25, 0.3) is 5.57 Å². The van der Waals surface area contributed by atoms with Gasteiger partial charge in [-0.1, -0.05) is 6.58 Å². The van der Waals surface area contributed by atoms with Crippen molar-refractivity contribution in [3.63, 3.8) is 0 Å². The molecule has 1 aromatic heterocycles. The van der Waals surface area contributed by atoms with E-state index in [-0.39, 0.29) is 24.2 Å². The van der Waals surface area contributed by atoms with E-state index in [1.165, 1.54) is 7.11 Å². The Hall–Kier alpha value is -2.75. The number of rotatable bonds is 8. The van der Waals surface area contributed by atoms with Gasteiger partial charge in [-0.3, -0.25) is 16.1 Å². The monoisotopic (exact) mass is 440 g/mol. The Kier molecular flexibility index (Phi) is 6.59. The van der Waals surface area contributed by atoms with Gasteiger partial charge in [-0.15, -0.1) is 0 Å². The van der Waals surface area contributed by atoms with E-state index in [9.17, 15) is 4.79 Å². The Morgan fingerprint density at radius 1 is 1.31 bits per heavy atom. The van der Waals surface area contributed by atoms with Crippen molar-refractivity contribution in [3.8, 4) is 0 Å². The summed E-state index contributed by atoms with van der Waals surface area (Å²) in [6.45, 7) is 9.23. The van der Waals surface area contributed by atoms with E-state index in [4.69, 9.17) is 15.3 Å². The number of amides is 1. The van der Waals surface area contributed by atoms with E-state index >= 15 is 0 Å². The third kappa shape index (κ3) is 5.01. The molecule has 1 aliphatic heterocycles. The Morgan fingerprint density at radius 2 is 2.06 bits per heavy atom. The maximum atomic E-state index is 12.0. The van der Waals surface area contributed by atoms with Crippen molar-refractivity contribution >= 4 is 17.3 Å². The molecule has 1 saturated carbocycles. The molecule has 1 aromatic rings. The molecule has 0 bridgehead atoms. The van der Waals surface area contributed by atoms with Gasteiger partial charge in [-0.25, -0.2) is 9.97 Å². The van der Waals surface area contributed by atoms with Crippen molar-refractivity contribution in [2.75, 3.05) is 44.8 Å². The maximum Gasteiger partial charge on any atom is 0.248 e. The Morgan fingerprint density at radius 3 is 2.72 bits per heavy atom. The van der Waals surface area contributed by atoms with Gasteiger partial charge in [0.1, 0.15) is 30.1 Å². The first-order chi connectivity index (χ1) is 15.4. The molecule has 0 aromatic carbocycles. The Balaban J connectivity index is 1.47. The van der Waals surface area contributed by atoms with Crippen LogP contribution in [0.15, 0.2) is 42.5 Å². The lowest BCUT2D eigenvalue weighted by Gasteiger charge is -2.35. The van der Waals surface area contributed by atoms with E-state index in [0.717, 1.165) is 47.7 Å². The standard InChI is InChI=1S/C23H32N6O3/c1-16(18-12-17(4-5-19(18)27-24)32-23(2)6-7-23)20-13-21(26-15-25-20)28-8-10-29(11-9-28)22(30)14-31-3/h4,12-13,15,19,27H,1,5-11,14,24H2,2-3H3/t19-/m1/s1. The fourth-order valence-corrected chi connectivity index (χ4v) is 4.00. The van der Waals surface area contributed by atoms with Crippen LogP contribution in [0.5, 0.6) is 0 Å². The van der Waals surface area contributed by atoms with E-state index in [0.29, 0.717) is 26.2 Å². The van der Waals surface area contributed by atoms with Crippen molar-refractivity contribution < 1.29 is 14.3 Å². The Bertz CT molecular complexity index is 931. The summed E-state index contributed by atoms with van der Waals surface area (Å²) in [5.74, 6) is 7.51. The number of nitrogens with two attached hydrogens (primary N) is 1. The number of allylic oxidation sites excluding steroid dienone is 1. The predicted octanol–water partition coefficient (Wildman–Crippen LogP) is 1.40. The number of carbonyl (C=O) groups is 1. The summed E-state index contributed by atoms with van der Waals surface area (Å²) in [6.07, 6.45) is 8.52. The number of carbonyl (C=O) groups excluding carboxylic acids is 1. The number of ether oxygens (including phenoxy) is 2. The molecule has 9 heteroatoms. The zero-order valence-electron chi connectivity index (χ0n) is 18.8. The lowest BCUT2D eigenvalue weighted by Crippen LogP contribution is -2.50. The van der Waals surface area contributed by atoms with Gasteiger partial charge in [-0.2, -0.15) is 0 Å². The summed E-state index contributed by atoms with van der Waals surface area (Å²) < 4.78 is 11.1. The second kappa shape index (κ2) is 9.40. The molecule has 2 fully saturated rings. The molecule has 2 heterocycles. The van der Waals surface area contributed by atoms with Crippen LogP contribution in [-0.4, -0.2) is 72.3 Å². The van der Waals surface area contributed by atoms with Crippen LogP contribution in [0, 0.1) is 0 Å². The molecule has 1 saturated heterocycles. The first-order valence-electron chi connectivity index (χ1n) is 11.0. The highest BCUT2D eigenvalue weighted by atomic mass is 16.5. The molecule has 3 N–H and O–H groups in total. The van der Waals surface area contributed by atoms with E-state index in [1.807, 2.05) is 17.0 Å². The normalized spacial score (nSPS) is 22.2. The molecule has 2 aliphatic carbocycles. The first-order valence-corrected chi connectivity index (χ1v) is 11.0. The summed E-state index contributed by atoms with van der Waals surface area (Å²) >= 11 is 0. The molecule has 9 nitrogen and oxygen atoms in total. The van der Waals surface area contributed by atoms with Crippen molar-refractivity contribution in [2.45, 2.75) is 37.8 Å². The van der Waals surface area contributed by atoms with Gasteiger partial charge in [0.25, 0.3) is 0 Å². The van der Waals surface area contributed by atoms with Crippen LogP contribution in [-0.2, 0) is 14.3 Å². The van der Waals surface area contributed by atoms with Gasteiger partial charge < -0.3 is 19.3 Å². The van der Waals surface area contributed by atoms with Crippen molar-refractivity contribution in [2.24, 2.45) is 5.84 Å². The molecule has 1 atom stereocenters. The fraction of sp³-hybridized carbons (Fsp3) is 0.522. The van der Waals surface area contributed by atoms with Crippen molar-refractivity contribution in [1.29, 1.82) is 0 Å². The molecule has 1 amide bonds. The summed E-state index contributed by atoms with van der Waals surface area (Å²) in [6, 6.07) is 1.89. The molecule has 0 radical (unpaired) electrons. The lowest BCUT2D eigenvalue weighted by molar-refractivity contribution is -0.135. The van der Waals surface area contributed by atoms with Crippen molar-refractivity contribution in [3.05, 3.63) is 48.2 Å². The average Bonchev–Trinajstić information content (AvgIpc) is 3.55. The van der Waals surface area contributed by atoms with Crippen molar-refractivity contribution in [1.82, 2.24) is 20.3 Å². The smallest absolute Gasteiger partial charge is 0.248 e. The summed E-state index contributed by atoms with van der Waals surface area (Å²) in [5.41, 5.74) is 5.33. The number of hydrogen-bond donors (Lipinski definition) is 2. The maximum absolute atomic E-state index is 12.0. The molecule has 4 rings (SSSR count). The Labute approximate surface area is 188 Å². The SMILES string of the molecule is C=C(C1=CC(OC2(C)CC2)=CC[C@H]1NN)c1cc(N2CCN(C(=O)COC)CC2)ncn1. The number of methoxy groups -OCH3 is 1. The summed E-state index contributed by atoms with van der Waals surface area (Å²) in [4.78, 5) is 24.9. The second-order valence-electron chi connectivity index (χ2n) is 8.75. The highest BCUT2D eigenvalue weighted by Gasteiger charge is 2.40. The quantitative estimate of drug-likeness (QED) is 0.462. The van der Waals surface area contributed by atoms with E-state index in [2.05, 4.69) is 39.9 Å². The highest BCUT2D eigenvalue weighted by molar-refractivity contribution is 5.79. The number of anilines is 1. The number of nitrogens with one attached hydrogen (secondary N) is 1. The molecular formula is C23H32N6O3. The number of hydrogen-bond acceptors (Lipinski definition) is 8. The average molecular weight is 441 g/mol. The first kappa shape index (κ1) is 22.4. The van der Waals surface area contributed by atoms with Gasteiger partial charge in [0.2, 0.25) is 5.91 Å². The van der Waals surface area contributed by atoms with Gasteiger partial charge in [-0.05, 0) is 49.5 Å². The van der Waals surface area contributed by atoms with E-state index in [1.54, 1.807) is 6.33 Å². The van der Waals surface area contributed by atoms with Gasteiger partial charge in [0.15, 0.2) is 0 Å². The van der Waals surface area contributed by atoms with Gasteiger partial charge >= 0.3 is 0 Å². The molecular weight excluding hydrogens is 408 g/mol. The topological polar surface area (TPSA) is 106 Å². The van der Waals surface area contributed by atoms with Crippen LogP contribution in [0.1, 0.15) is 31.9 Å². The number of nitrogens with zero attached hydrogens (tertiary/aromatic N) is 4. The molecule has 172 valence electrons. The predicted molar refractivity (Wildman–Crippen MR) is 122 cm³/mol. The zero-order chi connectivity index (χ0) is 22.7. The minimum absolute atomic E-state index is 0.0135. The number of hydrazine groups is 1. The van der Waals surface area contributed by atoms with E-state index < -0.39 is 0 Å². The molecule has 3 aliphatic rings. The van der Waals surface area contributed by atoms with Gasteiger partial charge in [0.05, 0.1) is 11.7 Å². The highest BCUT2D eigenvalue weighted by Crippen LogP contribution is 2.42. The second-order valence-corrected chi connectivity index (χ2v) is 8.75. The molecule has 0 unspecified atom stereocenters.